The first-order valence-electron chi connectivity index (χ1n) is 6.58. The third kappa shape index (κ3) is 4.61. The molecule has 0 aromatic heterocycles. The number of ether oxygens (including phenoxy) is 1. The fourth-order valence-electron chi connectivity index (χ4n) is 1.70. The van der Waals surface area contributed by atoms with Crippen LogP contribution in [0.3, 0.4) is 0 Å². The number of hydrogen-bond acceptors (Lipinski definition) is 4. The second kappa shape index (κ2) is 6.85. The molecule has 5 nitrogen and oxygen atoms in total. The smallest absolute Gasteiger partial charge is 0.338 e. The number of esters is 1. The van der Waals surface area contributed by atoms with Gasteiger partial charge in [-0.2, -0.15) is 0 Å². The lowest BCUT2D eigenvalue weighted by molar-refractivity contribution is 0.0486. The van der Waals surface area contributed by atoms with Gasteiger partial charge in [-0.1, -0.05) is 26.8 Å². The molecule has 20 heavy (non-hydrogen) atoms. The van der Waals surface area contributed by atoms with Crippen LogP contribution in [-0.2, 0) is 21.2 Å². The second-order valence-corrected chi connectivity index (χ2v) is 6.60. The van der Waals surface area contributed by atoms with E-state index in [1.165, 1.54) is 12.1 Å². The molecule has 0 aliphatic carbocycles. The first-order chi connectivity index (χ1) is 9.25. The average molecular weight is 299 g/mol. The largest absolute Gasteiger partial charge is 0.462 e. The maximum Gasteiger partial charge on any atom is 0.338 e. The van der Waals surface area contributed by atoms with Gasteiger partial charge in [0.1, 0.15) is 0 Å². The van der Waals surface area contributed by atoms with Crippen LogP contribution in [-0.4, -0.2) is 21.0 Å². The second-order valence-electron chi connectivity index (χ2n) is 5.04. The third-order valence-electron chi connectivity index (χ3n) is 2.94. The van der Waals surface area contributed by atoms with E-state index < -0.39 is 16.0 Å². The molecule has 6 heteroatoms. The van der Waals surface area contributed by atoms with Crippen LogP contribution in [0.2, 0.25) is 0 Å². The van der Waals surface area contributed by atoms with Gasteiger partial charge in [-0.05, 0) is 36.5 Å². The molecule has 0 radical (unpaired) electrons. The highest BCUT2D eigenvalue weighted by Gasteiger charge is 2.17. The molecule has 0 unspecified atom stereocenters. The summed E-state index contributed by atoms with van der Waals surface area (Å²) in [7, 11) is -3.83. The van der Waals surface area contributed by atoms with E-state index in [2.05, 4.69) is 0 Å². The molecule has 1 aromatic rings. The summed E-state index contributed by atoms with van der Waals surface area (Å²) in [4.78, 5) is 11.9. The predicted octanol–water partition coefficient (Wildman–Crippen LogP) is 2.10. The number of benzene rings is 1. The molecular formula is C14H21NO4S. The molecule has 0 aliphatic rings. The van der Waals surface area contributed by atoms with E-state index in [1.807, 2.05) is 20.8 Å². The lowest BCUT2D eigenvalue weighted by Crippen LogP contribution is -2.15. The van der Waals surface area contributed by atoms with E-state index in [1.54, 1.807) is 6.07 Å². The molecule has 0 saturated heterocycles. The van der Waals surface area contributed by atoms with Gasteiger partial charge in [0.2, 0.25) is 10.0 Å². The third-order valence-corrected chi connectivity index (χ3v) is 3.85. The molecule has 0 fully saturated rings. The van der Waals surface area contributed by atoms with Gasteiger partial charge in [0.15, 0.2) is 0 Å². The van der Waals surface area contributed by atoms with Crippen molar-refractivity contribution in [3.05, 3.63) is 29.3 Å². The number of sulfonamides is 1. The van der Waals surface area contributed by atoms with Crippen LogP contribution in [0.25, 0.3) is 0 Å². The van der Waals surface area contributed by atoms with Crippen molar-refractivity contribution in [3.8, 4) is 0 Å². The van der Waals surface area contributed by atoms with E-state index in [4.69, 9.17) is 9.88 Å². The zero-order chi connectivity index (χ0) is 15.3. The normalized spacial score (nSPS) is 11.7. The quantitative estimate of drug-likeness (QED) is 0.815. The number of carbonyl (C=O) groups is 1. The van der Waals surface area contributed by atoms with E-state index in [-0.39, 0.29) is 10.5 Å². The Morgan fingerprint density at radius 1 is 1.35 bits per heavy atom. The maximum atomic E-state index is 12.0. The molecule has 0 saturated carbocycles. The zero-order valence-electron chi connectivity index (χ0n) is 12.0. The molecule has 0 bridgehead atoms. The summed E-state index contributed by atoms with van der Waals surface area (Å²) >= 11 is 0. The molecule has 112 valence electrons. The Hall–Kier alpha value is -1.40. The zero-order valence-corrected chi connectivity index (χ0v) is 12.9. The summed E-state index contributed by atoms with van der Waals surface area (Å²) in [6.45, 7) is 6.27. The first kappa shape index (κ1) is 16.7. The molecule has 1 aromatic carbocycles. The average Bonchev–Trinajstić information content (AvgIpc) is 2.36. The van der Waals surface area contributed by atoms with Crippen LogP contribution < -0.4 is 5.14 Å². The van der Waals surface area contributed by atoms with Crippen LogP contribution in [0.4, 0.5) is 0 Å². The molecule has 0 aliphatic heterocycles. The fourth-order valence-corrected chi connectivity index (χ4v) is 2.24. The standard InChI is InChI=1S/C14H21NO4S/c1-4-11-5-6-12(20(15,17)18)9-13(11)14(16)19-8-7-10(2)3/h5-6,9-10H,4,7-8H2,1-3H3,(H2,15,17,18). The van der Waals surface area contributed by atoms with Gasteiger partial charge < -0.3 is 4.74 Å². The van der Waals surface area contributed by atoms with Gasteiger partial charge in [0.25, 0.3) is 0 Å². The summed E-state index contributed by atoms with van der Waals surface area (Å²) in [6.07, 6.45) is 1.38. The summed E-state index contributed by atoms with van der Waals surface area (Å²) in [5.74, 6) is -0.0720. The van der Waals surface area contributed by atoms with Gasteiger partial charge in [0.05, 0.1) is 17.1 Å². The van der Waals surface area contributed by atoms with Gasteiger partial charge in [0, 0.05) is 0 Å². The van der Waals surface area contributed by atoms with Crippen LogP contribution >= 0.6 is 0 Å². The van der Waals surface area contributed by atoms with Crippen molar-refractivity contribution in [1.29, 1.82) is 0 Å². The lowest BCUT2D eigenvalue weighted by atomic mass is 10.1. The molecule has 0 heterocycles. The Morgan fingerprint density at radius 2 is 2.00 bits per heavy atom. The van der Waals surface area contributed by atoms with Crippen LogP contribution in [0, 0.1) is 5.92 Å². The molecular weight excluding hydrogens is 278 g/mol. The van der Waals surface area contributed by atoms with Crippen molar-refractivity contribution >= 4 is 16.0 Å². The van der Waals surface area contributed by atoms with Gasteiger partial charge in [-0.3, -0.25) is 0 Å². The Morgan fingerprint density at radius 3 is 2.50 bits per heavy atom. The summed E-state index contributed by atoms with van der Waals surface area (Å²) < 4.78 is 27.8. The highest BCUT2D eigenvalue weighted by atomic mass is 32.2. The van der Waals surface area contributed by atoms with Crippen molar-refractivity contribution in [3.63, 3.8) is 0 Å². The highest BCUT2D eigenvalue weighted by Crippen LogP contribution is 2.17. The molecule has 2 N–H and O–H groups in total. The van der Waals surface area contributed by atoms with Crippen molar-refractivity contribution in [2.45, 2.75) is 38.5 Å². The van der Waals surface area contributed by atoms with Crippen molar-refractivity contribution in [2.24, 2.45) is 11.1 Å². The Kier molecular flexibility index (Phi) is 5.71. The van der Waals surface area contributed by atoms with Crippen LogP contribution in [0.15, 0.2) is 23.1 Å². The topological polar surface area (TPSA) is 86.5 Å². The van der Waals surface area contributed by atoms with E-state index in [0.29, 0.717) is 18.9 Å². The summed E-state index contributed by atoms with van der Waals surface area (Å²) in [5, 5.41) is 5.08. The maximum absolute atomic E-state index is 12.0. The minimum absolute atomic E-state index is 0.0782. The van der Waals surface area contributed by atoms with Gasteiger partial charge in [-0.15, -0.1) is 0 Å². The Balaban J connectivity index is 2.99. The van der Waals surface area contributed by atoms with E-state index in [9.17, 15) is 13.2 Å². The Bertz CT molecular complexity index is 579. The number of aryl methyl sites for hydroxylation is 1. The first-order valence-corrected chi connectivity index (χ1v) is 8.13. The lowest BCUT2D eigenvalue weighted by Gasteiger charge is -2.11. The molecule has 0 spiro atoms. The molecule has 0 atom stereocenters. The van der Waals surface area contributed by atoms with Crippen LogP contribution in [0.5, 0.6) is 0 Å². The summed E-state index contributed by atoms with van der Waals surface area (Å²) in [6, 6.07) is 4.28. The van der Waals surface area contributed by atoms with Crippen molar-refractivity contribution < 1.29 is 17.9 Å². The van der Waals surface area contributed by atoms with Crippen molar-refractivity contribution in [1.82, 2.24) is 0 Å². The molecule has 1 rings (SSSR count). The summed E-state index contributed by atoms with van der Waals surface area (Å²) in [5.41, 5.74) is 1.01. The number of carbonyl (C=O) groups excluding carboxylic acids is 1. The van der Waals surface area contributed by atoms with E-state index >= 15 is 0 Å². The van der Waals surface area contributed by atoms with Crippen molar-refractivity contribution in [2.75, 3.05) is 6.61 Å². The minimum Gasteiger partial charge on any atom is -0.462 e. The van der Waals surface area contributed by atoms with Crippen LogP contribution in [0.1, 0.15) is 43.1 Å². The minimum atomic E-state index is -3.83. The van der Waals surface area contributed by atoms with E-state index in [0.717, 1.165) is 12.0 Å². The SMILES string of the molecule is CCc1ccc(S(N)(=O)=O)cc1C(=O)OCCC(C)C. The monoisotopic (exact) mass is 299 g/mol. The predicted molar refractivity (Wildman–Crippen MR) is 76.9 cm³/mol. The molecule has 0 amide bonds. The Labute approximate surface area is 120 Å². The number of rotatable bonds is 6. The van der Waals surface area contributed by atoms with Gasteiger partial charge >= 0.3 is 5.97 Å². The number of nitrogens with two attached hydrogens (primary N) is 1. The fraction of sp³-hybridized carbons (Fsp3) is 0.500. The van der Waals surface area contributed by atoms with Gasteiger partial charge in [-0.25, -0.2) is 18.4 Å². The number of primary sulfonamides is 1. The highest BCUT2D eigenvalue weighted by molar-refractivity contribution is 7.89. The number of hydrogen-bond donors (Lipinski definition) is 1.